The molecule has 0 unspecified atom stereocenters. The van der Waals surface area contributed by atoms with Crippen LogP contribution in [0, 0.1) is 20.8 Å². The second-order valence-corrected chi connectivity index (χ2v) is 7.77. The SMILES string of the molecule is Cc1sc2nc([C@H](C)Sc3nnc(C)n3C)[nH]c(=O)c2c1C. The summed E-state index contributed by atoms with van der Waals surface area (Å²) in [6.45, 7) is 7.89. The molecule has 0 aliphatic heterocycles. The Morgan fingerprint density at radius 3 is 2.64 bits per heavy atom. The van der Waals surface area contributed by atoms with Crippen molar-refractivity contribution in [3.8, 4) is 0 Å². The summed E-state index contributed by atoms with van der Waals surface area (Å²) < 4.78 is 1.93. The molecule has 8 heteroatoms. The van der Waals surface area contributed by atoms with Gasteiger partial charge >= 0.3 is 0 Å². The minimum Gasteiger partial charge on any atom is -0.309 e. The number of H-pyrrole nitrogens is 1. The lowest BCUT2D eigenvalue weighted by Gasteiger charge is -2.09. The molecule has 0 radical (unpaired) electrons. The number of thiophene rings is 1. The van der Waals surface area contributed by atoms with Gasteiger partial charge in [0, 0.05) is 11.9 Å². The lowest BCUT2D eigenvalue weighted by atomic mass is 10.2. The summed E-state index contributed by atoms with van der Waals surface area (Å²) in [6.07, 6.45) is 0. The highest BCUT2D eigenvalue weighted by Crippen LogP contribution is 2.33. The van der Waals surface area contributed by atoms with Crippen LogP contribution in [0.15, 0.2) is 9.95 Å². The van der Waals surface area contributed by atoms with Crippen LogP contribution in [0.3, 0.4) is 0 Å². The molecule has 6 nitrogen and oxygen atoms in total. The number of fused-ring (bicyclic) bond motifs is 1. The number of aromatic amines is 1. The molecule has 0 aromatic carbocycles. The quantitative estimate of drug-likeness (QED) is 0.745. The molecule has 3 heterocycles. The van der Waals surface area contributed by atoms with Gasteiger partial charge in [0.15, 0.2) is 5.16 Å². The summed E-state index contributed by atoms with van der Waals surface area (Å²) >= 11 is 3.10. The first kappa shape index (κ1) is 15.2. The van der Waals surface area contributed by atoms with Crippen molar-refractivity contribution in [1.29, 1.82) is 0 Å². The van der Waals surface area contributed by atoms with Gasteiger partial charge in [-0.25, -0.2) is 4.98 Å². The number of hydrogen-bond acceptors (Lipinski definition) is 6. The molecular formula is C14H17N5OS2. The third-order valence-electron chi connectivity index (χ3n) is 3.78. The molecule has 3 aromatic heterocycles. The van der Waals surface area contributed by atoms with Crippen LogP contribution in [-0.2, 0) is 7.05 Å². The number of hydrogen-bond donors (Lipinski definition) is 1. The average Bonchev–Trinajstić information content (AvgIpc) is 2.93. The highest BCUT2D eigenvalue weighted by Gasteiger charge is 2.18. The lowest BCUT2D eigenvalue weighted by molar-refractivity contribution is 0.760. The molecule has 0 bridgehead atoms. The van der Waals surface area contributed by atoms with Crippen LogP contribution in [0.1, 0.15) is 34.3 Å². The summed E-state index contributed by atoms with van der Waals surface area (Å²) in [4.78, 5) is 21.8. The zero-order valence-electron chi connectivity index (χ0n) is 13.1. The second-order valence-electron chi connectivity index (χ2n) is 5.26. The van der Waals surface area contributed by atoms with Crippen molar-refractivity contribution in [2.45, 2.75) is 38.1 Å². The number of nitrogens with zero attached hydrogens (tertiary/aromatic N) is 4. The fourth-order valence-electron chi connectivity index (χ4n) is 2.17. The van der Waals surface area contributed by atoms with Gasteiger partial charge in [-0.05, 0) is 33.3 Å². The molecule has 3 aromatic rings. The Hall–Kier alpha value is -1.67. The Balaban J connectivity index is 1.99. The lowest BCUT2D eigenvalue weighted by Crippen LogP contribution is -2.12. The third-order valence-corrected chi connectivity index (χ3v) is 6.02. The van der Waals surface area contributed by atoms with Crippen molar-refractivity contribution in [3.63, 3.8) is 0 Å². The predicted molar refractivity (Wildman–Crippen MR) is 89.7 cm³/mol. The van der Waals surface area contributed by atoms with Gasteiger partial charge in [0.1, 0.15) is 16.5 Å². The molecule has 1 atom stereocenters. The van der Waals surface area contributed by atoms with Gasteiger partial charge in [-0.3, -0.25) is 4.79 Å². The molecular weight excluding hydrogens is 318 g/mol. The molecule has 0 aliphatic rings. The zero-order chi connectivity index (χ0) is 16.0. The minimum atomic E-state index is -0.0663. The van der Waals surface area contributed by atoms with Crippen molar-refractivity contribution in [3.05, 3.63) is 32.4 Å². The third kappa shape index (κ3) is 2.46. The molecule has 116 valence electrons. The number of nitrogens with one attached hydrogen (secondary N) is 1. The van der Waals surface area contributed by atoms with E-state index in [1.54, 1.807) is 11.3 Å². The highest BCUT2D eigenvalue weighted by molar-refractivity contribution is 7.99. The average molecular weight is 335 g/mol. The number of rotatable bonds is 3. The summed E-state index contributed by atoms with van der Waals surface area (Å²) in [6, 6.07) is 0. The van der Waals surface area contributed by atoms with E-state index in [2.05, 4.69) is 20.2 Å². The number of aryl methyl sites for hydroxylation is 3. The normalized spacial score (nSPS) is 13.0. The van der Waals surface area contributed by atoms with E-state index in [4.69, 9.17) is 0 Å². The van der Waals surface area contributed by atoms with Crippen molar-refractivity contribution < 1.29 is 0 Å². The minimum absolute atomic E-state index is 0.0119. The maximum absolute atomic E-state index is 12.3. The standard InChI is InChI=1S/C14H17N5OS2/c1-6-7(2)21-13-10(6)12(20)15-11(16-13)8(3)22-14-18-17-9(4)19(14)5/h8H,1-5H3,(H,15,16,20)/t8-/m0/s1. The first-order valence-electron chi connectivity index (χ1n) is 6.91. The van der Waals surface area contributed by atoms with E-state index in [1.165, 1.54) is 11.8 Å². The van der Waals surface area contributed by atoms with Crippen LogP contribution >= 0.6 is 23.1 Å². The Morgan fingerprint density at radius 1 is 1.27 bits per heavy atom. The van der Waals surface area contributed by atoms with Crippen LogP contribution in [0.25, 0.3) is 10.2 Å². The van der Waals surface area contributed by atoms with Crippen molar-refractivity contribution >= 4 is 33.3 Å². The van der Waals surface area contributed by atoms with E-state index in [0.717, 1.165) is 26.3 Å². The predicted octanol–water partition coefficient (Wildman–Crippen LogP) is 2.89. The molecule has 0 saturated carbocycles. The van der Waals surface area contributed by atoms with Gasteiger partial charge in [0.2, 0.25) is 0 Å². The summed E-state index contributed by atoms with van der Waals surface area (Å²) in [5.41, 5.74) is 0.952. The van der Waals surface area contributed by atoms with Gasteiger partial charge in [-0.1, -0.05) is 11.8 Å². The van der Waals surface area contributed by atoms with Gasteiger partial charge < -0.3 is 9.55 Å². The Kier molecular flexibility index (Phi) is 3.82. The molecule has 0 saturated heterocycles. The molecule has 3 rings (SSSR count). The van der Waals surface area contributed by atoms with E-state index in [9.17, 15) is 4.79 Å². The molecule has 1 N–H and O–H groups in total. The van der Waals surface area contributed by atoms with E-state index < -0.39 is 0 Å². The fraction of sp³-hybridized carbons (Fsp3) is 0.429. The van der Waals surface area contributed by atoms with Crippen molar-refractivity contribution in [1.82, 2.24) is 24.7 Å². The van der Waals surface area contributed by atoms with Crippen LogP contribution in [0.5, 0.6) is 0 Å². The summed E-state index contributed by atoms with van der Waals surface area (Å²) in [5, 5.41) is 9.70. The summed E-state index contributed by atoms with van der Waals surface area (Å²) in [5.74, 6) is 1.53. The van der Waals surface area contributed by atoms with Crippen molar-refractivity contribution in [2.75, 3.05) is 0 Å². The van der Waals surface area contributed by atoms with Gasteiger partial charge in [-0.15, -0.1) is 21.5 Å². The van der Waals surface area contributed by atoms with Gasteiger partial charge in [-0.2, -0.15) is 0 Å². The van der Waals surface area contributed by atoms with E-state index in [1.807, 2.05) is 39.3 Å². The Labute approximate surface area is 136 Å². The van der Waals surface area contributed by atoms with E-state index >= 15 is 0 Å². The zero-order valence-corrected chi connectivity index (χ0v) is 14.7. The maximum atomic E-state index is 12.3. The monoisotopic (exact) mass is 335 g/mol. The smallest absolute Gasteiger partial charge is 0.259 e. The van der Waals surface area contributed by atoms with E-state index in [0.29, 0.717) is 11.2 Å². The fourth-order valence-corrected chi connectivity index (χ4v) is 4.12. The van der Waals surface area contributed by atoms with Crippen LogP contribution < -0.4 is 5.56 Å². The molecule has 0 fully saturated rings. The first-order chi connectivity index (χ1) is 10.4. The molecule has 0 amide bonds. The van der Waals surface area contributed by atoms with E-state index in [-0.39, 0.29) is 10.8 Å². The number of aromatic nitrogens is 5. The van der Waals surface area contributed by atoms with Crippen LogP contribution in [0.2, 0.25) is 0 Å². The first-order valence-corrected chi connectivity index (χ1v) is 8.60. The van der Waals surface area contributed by atoms with Gasteiger partial charge in [0.05, 0.1) is 10.6 Å². The highest BCUT2D eigenvalue weighted by atomic mass is 32.2. The van der Waals surface area contributed by atoms with Crippen molar-refractivity contribution in [2.24, 2.45) is 7.05 Å². The second kappa shape index (κ2) is 5.51. The topological polar surface area (TPSA) is 76.5 Å². The summed E-state index contributed by atoms with van der Waals surface area (Å²) in [7, 11) is 1.93. The molecule has 22 heavy (non-hydrogen) atoms. The molecule has 0 spiro atoms. The van der Waals surface area contributed by atoms with Crippen LogP contribution in [-0.4, -0.2) is 24.7 Å². The molecule has 0 aliphatic carbocycles. The Morgan fingerprint density at radius 2 is 2.00 bits per heavy atom. The number of thioether (sulfide) groups is 1. The largest absolute Gasteiger partial charge is 0.309 e. The van der Waals surface area contributed by atoms with Gasteiger partial charge in [0.25, 0.3) is 5.56 Å². The Bertz CT molecular complexity index is 908. The maximum Gasteiger partial charge on any atom is 0.259 e. The van der Waals surface area contributed by atoms with Crippen LogP contribution in [0.4, 0.5) is 0 Å².